The smallest absolute Gasteiger partial charge is 0.119 e. The normalized spacial score (nSPS) is 11.4. The number of methoxy groups -OCH3 is 1. The van der Waals surface area contributed by atoms with Crippen LogP contribution in [-0.4, -0.2) is 49.9 Å². The minimum absolute atomic E-state index is 0. The number of nitrogens with zero attached hydrogens (tertiary/aromatic N) is 1. The van der Waals surface area contributed by atoms with E-state index in [4.69, 9.17) is 4.74 Å². The molecule has 0 fully saturated rings. The summed E-state index contributed by atoms with van der Waals surface area (Å²) in [4.78, 5) is 2.26. The third kappa shape index (κ3) is 8.88. The Morgan fingerprint density at radius 1 is 1.04 bits per heavy atom. The second-order valence-corrected chi connectivity index (χ2v) is 6.11. The topological polar surface area (TPSA) is 44.7 Å². The van der Waals surface area contributed by atoms with Crippen molar-refractivity contribution in [2.24, 2.45) is 0 Å². The van der Waals surface area contributed by atoms with Gasteiger partial charge in [0, 0.05) is 25.7 Å². The highest BCUT2D eigenvalue weighted by Crippen LogP contribution is 2.12. The Morgan fingerprint density at radius 2 is 1.73 bits per heavy atom. The Labute approximate surface area is 169 Å². The summed E-state index contributed by atoms with van der Waals surface area (Å²) in [6, 6.07) is 18.5. The first-order valence-corrected chi connectivity index (χ1v) is 8.41. The van der Waals surface area contributed by atoms with Gasteiger partial charge in [0.1, 0.15) is 5.75 Å². The number of benzene rings is 2. The van der Waals surface area contributed by atoms with Crippen molar-refractivity contribution in [3.8, 4) is 5.75 Å². The van der Waals surface area contributed by atoms with Gasteiger partial charge in [0.2, 0.25) is 0 Å². The monoisotopic (exact) mass is 400 g/mol. The molecule has 2 aromatic carbocycles. The minimum Gasteiger partial charge on any atom is -0.497 e. The van der Waals surface area contributed by atoms with Crippen LogP contribution in [0.2, 0.25) is 0 Å². The first-order valence-electron chi connectivity index (χ1n) is 8.41. The molecular weight excluding hydrogens is 371 g/mol. The molecule has 0 bridgehead atoms. The second kappa shape index (κ2) is 13.8. The van der Waals surface area contributed by atoms with Crippen LogP contribution in [-0.2, 0) is 13.0 Å². The zero-order chi connectivity index (χ0) is 17.2. The maximum Gasteiger partial charge on any atom is 0.119 e. The van der Waals surface area contributed by atoms with E-state index < -0.39 is 0 Å². The molecule has 0 spiro atoms. The maximum absolute atomic E-state index is 9.63. The average Bonchev–Trinajstić information content (AvgIpc) is 2.64. The van der Waals surface area contributed by atoms with Crippen molar-refractivity contribution in [2.45, 2.75) is 19.0 Å². The van der Waals surface area contributed by atoms with Gasteiger partial charge in [-0.25, -0.2) is 0 Å². The highest BCUT2D eigenvalue weighted by atomic mass is 35.5. The molecule has 0 radical (unpaired) electrons. The fourth-order valence-electron chi connectivity index (χ4n) is 2.66. The SMILES string of the molecule is COc1cccc(CNC(CO)CN(C)CCc2ccccc2)c1.Cl.Cl. The van der Waals surface area contributed by atoms with Crippen molar-refractivity contribution < 1.29 is 9.84 Å². The summed E-state index contributed by atoms with van der Waals surface area (Å²) in [7, 11) is 3.77. The van der Waals surface area contributed by atoms with Crippen LogP contribution in [0.4, 0.5) is 0 Å². The summed E-state index contributed by atoms with van der Waals surface area (Å²) < 4.78 is 5.24. The van der Waals surface area contributed by atoms with Crippen molar-refractivity contribution >= 4 is 24.8 Å². The molecule has 146 valence electrons. The highest BCUT2D eigenvalue weighted by Gasteiger charge is 2.10. The molecule has 0 heterocycles. The molecule has 0 amide bonds. The van der Waals surface area contributed by atoms with Crippen LogP contribution >= 0.6 is 24.8 Å². The lowest BCUT2D eigenvalue weighted by Crippen LogP contribution is -2.42. The van der Waals surface area contributed by atoms with Gasteiger partial charge in [0.15, 0.2) is 0 Å². The molecular formula is C20H30Cl2N2O2. The molecule has 4 nitrogen and oxygen atoms in total. The first-order chi connectivity index (χ1) is 11.7. The molecule has 6 heteroatoms. The largest absolute Gasteiger partial charge is 0.497 e. The fourth-order valence-corrected chi connectivity index (χ4v) is 2.66. The number of halogens is 2. The lowest BCUT2D eigenvalue weighted by atomic mass is 10.1. The zero-order valence-electron chi connectivity index (χ0n) is 15.4. The van der Waals surface area contributed by atoms with Crippen molar-refractivity contribution in [2.75, 3.05) is 33.9 Å². The fraction of sp³-hybridized carbons (Fsp3) is 0.400. The predicted molar refractivity (Wildman–Crippen MR) is 113 cm³/mol. The highest BCUT2D eigenvalue weighted by molar-refractivity contribution is 5.85. The van der Waals surface area contributed by atoms with E-state index in [1.807, 2.05) is 24.3 Å². The summed E-state index contributed by atoms with van der Waals surface area (Å²) in [6.07, 6.45) is 1.02. The van der Waals surface area contributed by atoms with Gasteiger partial charge in [-0.2, -0.15) is 0 Å². The molecule has 26 heavy (non-hydrogen) atoms. The van der Waals surface area contributed by atoms with Gasteiger partial charge in [0.05, 0.1) is 13.7 Å². The van der Waals surface area contributed by atoms with Gasteiger partial charge >= 0.3 is 0 Å². The van der Waals surface area contributed by atoms with Crippen LogP contribution in [0.5, 0.6) is 5.75 Å². The minimum atomic E-state index is 0. The predicted octanol–water partition coefficient (Wildman–Crippen LogP) is 3.16. The van der Waals surface area contributed by atoms with Crippen LogP contribution in [0.15, 0.2) is 54.6 Å². The van der Waals surface area contributed by atoms with Crippen LogP contribution in [0.25, 0.3) is 0 Å². The standard InChI is InChI=1S/C20H28N2O2.2ClH/c1-22(12-11-17-7-4-3-5-8-17)15-19(16-23)21-14-18-9-6-10-20(13-18)24-2;;/h3-10,13,19,21,23H,11-12,14-16H2,1-2H3;2*1H. The van der Waals surface area contributed by atoms with Gasteiger partial charge in [-0.05, 0) is 36.7 Å². The van der Waals surface area contributed by atoms with E-state index in [-0.39, 0.29) is 37.5 Å². The van der Waals surface area contributed by atoms with Crippen LogP contribution < -0.4 is 10.1 Å². The van der Waals surface area contributed by atoms with Gasteiger partial charge < -0.3 is 20.1 Å². The number of nitrogens with one attached hydrogen (secondary N) is 1. The quantitative estimate of drug-likeness (QED) is 0.642. The maximum atomic E-state index is 9.63. The van der Waals surface area contributed by atoms with Gasteiger partial charge in [-0.3, -0.25) is 0 Å². The van der Waals surface area contributed by atoms with Gasteiger partial charge in [0.25, 0.3) is 0 Å². The zero-order valence-corrected chi connectivity index (χ0v) is 17.1. The van der Waals surface area contributed by atoms with E-state index >= 15 is 0 Å². The second-order valence-electron chi connectivity index (χ2n) is 6.11. The molecule has 1 unspecified atom stereocenters. The van der Waals surface area contributed by atoms with Crippen LogP contribution in [0, 0.1) is 0 Å². The van der Waals surface area contributed by atoms with E-state index in [1.165, 1.54) is 5.56 Å². The lowest BCUT2D eigenvalue weighted by molar-refractivity contribution is 0.198. The summed E-state index contributed by atoms with van der Waals surface area (Å²) in [5, 5.41) is 13.0. The first kappa shape index (κ1) is 24.7. The number of ether oxygens (including phenoxy) is 1. The lowest BCUT2D eigenvalue weighted by Gasteiger charge is -2.24. The summed E-state index contributed by atoms with van der Waals surface area (Å²) in [6.45, 7) is 2.63. The molecule has 0 aromatic heterocycles. The van der Waals surface area contributed by atoms with Gasteiger partial charge in [-0.1, -0.05) is 42.5 Å². The number of hydrogen-bond donors (Lipinski definition) is 2. The van der Waals surface area contributed by atoms with Crippen LogP contribution in [0.3, 0.4) is 0 Å². The van der Waals surface area contributed by atoms with E-state index in [9.17, 15) is 5.11 Å². The number of hydrogen-bond acceptors (Lipinski definition) is 4. The Morgan fingerprint density at radius 3 is 2.38 bits per heavy atom. The van der Waals surface area contributed by atoms with Gasteiger partial charge in [-0.15, -0.1) is 24.8 Å². The van der Waals surface area contributed by atoms with E-state index in [1.54, 1.807) is 7.11 Å². The molecule has 0 aliphatic carbocycles. The summed E-state index contributed by atoms with van der Waals surface area (Å²) >= 11 is 0. The Balaban J connectivity index is 0.00000312. The average molecular weight is 401 g/mol. The molecule has 0 saturated carbocycles. The molecule has 2 aromatic rings. The molecule has 2 N–H and O–H groups in total. The van der Waals surface area contributed by atoms with E-state index in [0.717, 1.165) is 37.4 Å². The molecule has 0 saturated heterocycles. The van der Waals surface area contributed by atoms with Crippen molar-refractivity contribution in [1.82, 2.24) is 10.2 Å². The van der Waals surface area contributed by atoms with Crippen molar-refractivity contribution in [1.29, 1.82) is 0 Å². The van der Waals surface area contributed by atoms with Crippen molar-refractivity contribution in [3.63, 3.8) is 0 Å². The third-order valence-electron chi connectivity index (χ3n) is 4.11. The molecule has 0 aliphatic heterocycles. The Kier molecular flexibility index (Phi) is 13.2. The number of likely N-dealkylation sites (N-methyl/N-ethyl adjacent to an activating group) is 1. The number of rotatable bonds is 10. The molecule has 0 aliphatic rings. The van der Waals surface area contributed by atoms with Crippen molar-refractivity contribution in [3.05, 3.63) is 65.7 Å². The number of aliphatic hydroxyl groups is 1. The Hall–Kier alpha value is -1.30. The Bertz CT molecular complexity index is 599. The third-order valence-corrected chi connectivity index (χ3v) is 4.11. The number of aliphatic hydroxyl groups excluding tert-OH is 1. The summed E-state index contributed by atoms with van der Waals surface area (Å²) in [5.41, 5.74) is 2.49. The summed E-state index contributed by atoms with van der Waals surface area (Å²) in [5.74, 6) is 0.856. The molecule has 2 rings (SSSR count). The molecule has 1 atom stereocenters. The van der Waals surface area contributed by atoms with E-state index in [0.29, 0.717) is 0 Å². The van der Waals surface area contributed by atoms with E-state index in [2.05, 4.69) is 47.6 Å². The van der Waals surface area contributed by atoms with Crippen LogP contribution in [0.1, 0.15) is 11.1 Å².